The summed E-state index contributed by atoms with van der Waals surface area (Å²) < 4.78 is 17.0. The van der Waals surface area contributed by atoms with Crippen molar-refractivity contribution in [3.8, 4) is 0 Å². The number of carbonyl (C=O) groups is 3. The minimum absolute atomic E-state index is 0.0190. The van der Waals surface area contributed by atoms with Gasteiger partial charge in [0.05, 0.1) is 6.10 Å². The van der Waals surface area contributed by atoms with Crippen LogP contribution in [0.4, 0.5) is 0 Å². The van der Waals surface area contributed by atoms with Gasteiger partial charge in [0.2, 0.25) is 0 Å². The number of unbranched alkanes of at least 4 members (excludes halogenated alkanes) is 25. The zero-order valence-electron chi connectivity index (χ0n) is 38.1. The third-order valence-corrected chi connectivity index (χ3v) is 10.6. The predicted octanol–water partition coefficient (Wildman–Crippen LogP) is 11.7. The Balaban J connectivity index is 4.80. The van der Waals surface area contributed by atoms with Gasteiger partial charge in [-0.3, -0.25) is 19.3 Å². The van der Waals surface area contributed by atoms with Crippen LogP contribution in [0.15, 0.2) is 0 Å². The molecule has 9 heteroatoms. The van der Waals surface area contributed by atoms with Gasteiger partial charge in [-0.1, -0.05) is 174 Å². The number of aliphatic hydroxyl groups is 1. The maximum absolute atomic E-state index is 13.0. The van der Waals surface area contributed by atoms with Gasteiger partial charge in [0.25, 0.3) is 0 Å². The number of carbonyl (C=O) groups excluding carboxylic acids is 3. The van der Waals surface area contributed by atoms with Gasteiger partial charge in [0, 0.05) is 25.9 Å². The number of rotatable bonds is 41. The van der Waals surface area contributed by atoms with E-state index in [1.54, 1.807) is 0 Å². The van der Waals surface area contributed by atoms with Gasteiger partial charge in [-0.25, -0.2) is 0 Å². The Morgan fingerprint density at radius 1 is 0.596 bits per heavy atom. The number of nitrogens with two attached hydrogens (primary N) is 1. The maximum Gasteiger partial charge on any atom is 0.323 e. The van der Waals surface area contributed by atoms with Crippen LogP contribution in [-0.4, -0.2) is 78.0 Å². The molecule has 1 radical (unpaired) electrons. The van der Waals surface area contributed by atoms with E-state index in [1.165, 1.54) is 128 Å². The lowest BCUT2D eigenvalue weighted by atomic mass is 10.0. The van der Waals surface area contributed by atoms with Crippen molar-refractivity contribution in [3.05, 3.63) is 6.92 Å². The lowest BCUT2D eigenvalue weighted by molar-refractivity contribution is -0.160. The average molecular weight is 810 g/mol. The van der Waals surface area contributed by atoms with E-state index in [2.05, 4.69) is 20.8 Å². The van der Waals surface area contributed by atoms with Crippen LogP contribution >= 0.6 is 0 Å². The highest BCUT2D eigenvalue weighted by Gasteiger charge is 2.24. The van der Waals surface area contributed by atoms with Crippen LogP contribution in [0.5, 0.6) is 0 Å². The molecule has 0 saturated carbocycles. The molecule has 0 saturated heterocycles. The Morgan fingerprint density at radius 2 is 1.00 bits per heavy atom. The fraction of sp³-hybridized carbons (Fsp3) is 0.917. The van der Waals surface area contributed by atoms with Crippen molar-refractivity contribution in [2.75, 3.05) is 26.2 Å². The summed E-state index contributed by atoms with van der Waals surface area (Å²) in [6.45, 7) is 14.9. The van der Waals surface area contributed by atoms with E-state index in [9.17, 15) is 19.5 Å². The van der Waals surface area contributed by atoms with E-state index in [0.29, 0.717) is 45.2 Å². The number of ether oxygens (including phenoxy) is 3. The van der Waals surface area contributed by atoms with Crippen LogP contribution in [-0.2, 0) is 28.6 Å². The second kappa shape index (κ2) is 38.5. The molecule has 3 atom stereocenters. The van der Waals surface area contributed by atoms with Gasteiger partial charge in [-0.05, 0) is 59.9 Å². The zero-order valence-corrected chi connectivity index (χ0v) is 38.1. The van der Waals surface area contributed by atoms with E-state index in [-0.39, 0.29) is 25.1 Å². The van der Waals surface area contributed by atoms with Gasteiger partial charge in [0.15, 0.2) is 0 Å². The van der Waals surface area contributed by atoms with Crippen LogP contribution in [0, 0.1) is 6.92 Å². The molecular weight excluding hydrogens is 717 g/mol. The number of hydrogen-bond acceptors (Lipinski definition) is 9. The third-order valence-electron chi connectivity index (χ3n) is 10.6. The summed E-state index contributed by atoms with van der Waals surface area (Å²) in [5, 5.41) is 10.2. The van der Waals surface area contributed by atoms with Gasteiger partial charge in [0.1, 0.15) is 24.4 Å². The van der Waals surface area contributed by atoms with Crippen LogP contribution < -0.4 is 5.73 Å². The summed E-state index contributed by atoms with van der Waals surface area (Å²) in [7, 11) is 0. The quantitative estimate of drug-likeness (QED) is 0.0352. The van der Waals surface area contributed by atoms with Crippen molar-refractivity contribution in [2.24, 2.45) is 5.73 Å². The van der Waals surface area contributed by atoms with Crippen molar-refractivity contribution < 1.29 is 33.7 Å². The first-order valence-corrected chi connectivity index (χ1v) is 23.9. The van der Waals surface area contributed by atoms with Gasteiger partial charge in [-0.15, -0.1) is 0 Å². The minimum Gasteiger partial charge on any atom is -0.462 e. The molecule has 0 fully saturated rings. The summed E-state index contributed by atoms with van der Waals surface area (Å²) in [6.07, 6.45) is 33.3. The predicted molar refractivity (Wildman–Crippen MR) is 237 cm³/mol. The molecule has 3 unspecified atom stereocenters. The molecule has 337 valence electrons. The first-order chi connectivity index (χ1) is 27.4. The Labute approximate surface area is 352 Å². The average Bonchev–Trinajstić information content (AvgIpc) is 3.15. The highest BCUT2D eigenvalue weighted by atomic mass is 16.6. The Morgan fingerprint density at radius 3 is 1.40 bits per heavy atom. The summed E-state index contributed by atoms with van der Waals surface area (Å²) in [5.74, 6) is -0.965. The smallest absolute Gasteiger partial charge is 0.323 e. The summed E-state index contributed by atoms with van der Waals surface area (Å²) in [5.41, 5.74) is 5.49. The molecule has 0 aliphatic rings. The van der Waals surface area contributed by atoms with Crippen molar-refractivity contribution in [3.63, 3.8) is 0 Å². The van der Waals surface area contributed by atoms with E-state index < -0.39 is 29.8 Å². The number of hydrogen-bond donors (Lipinski definition) is 2. The molecule has 0 spiro atoms. The molecule has 0 aromatic heterocycles. The Bertz CT molecular complexity index is 938. The van der Waals surface area contributed by atoms with Crippen molar-refractivity contribution in [2.45, 2.75) is 258 Å². The monoisotopic (exact) mass is 810 g/mol. The topological polar surface area (TPSA) is 128 Å². The normalized spacial score (nSPS) is 13.4. The number of nitrogens with zero attached hydrogens (tertiary/aromatic N) is 1. The standard InChI is InChI=1S/C48H93N2O7/c1-7-9-11-13-15-17-19-21-23-25-27-29-31-36-45(52)55-41-43(56-46(53)37-32-30-28-26-24-22-20-18-16-14-12-10-8-2)40-50(39-42(3)51)38-34-33-35-44(49)47(54)57-48(4,5)6/h42-44,51H,3,7-41,49H2,1-2,4-6H3. The Hall–Kier alpha value is -1.71. The zero-order chi connectivity index (χ0) is 42.4. The number of esters is 3. The van der Waals surface area contributed by atoms with Crippen molar-refractivity contribution in [1.29, 1.82) is 0 Å². The first kappa shape index (κ1) is 55.3. The van der Waals surface area contributed by atoms with Gasteiger partial charge < -0.3 is 25.1 Å². The molecule has 0 aliphatic carbocycles. The van der Waals surface area contributed by atoms with Crippen molar-refractivity contribution in [1.82, 2.24) is 4.90 Å². The molecule has 0 heterocycles. The lowest BCUT2D eigenvalue weighted by Crippen LogP contribution is -2.42. The molecule has 0 aromatic rings. The SMILES string of the molecule is [CH2]C(O)CN(CCCCC(N)C(=O)OC(C)(C)C)CC(COC(=O)CCCCCCCCCCCCCCC)OC(=O)CCCCCCCCCCCCCCC. The molecule has 57 heavy (non-hydrogen) atoms. The second-order valence-corrected chi connectivity index (χ2v) is 17.8. The number of aliphatic hydroxyl groups excluding tert-OH is 1. The molecule has 0 amide bonds. The van der Waals surface area contributed by atoms with Crippen LogP contribution in [0.2, 0.25) is 0 Å². The first-order valence-electron chi connectivity index (χ1n) is 23.9. The maximum atomic E-state index is 13.0. The highest BCUT2D eigenvalue weighted by Crippen LogP contribution is 2.16. The Kier molecular flexibility index (Phi) is 37.3. The summed E-state index contributed by atoms with van der Waals surface area (Å²) in [4.78, 5) is 40.1. The van der Waals surface area contributed by atoms with E-state index in [0.717, 1.165) is 38.5 Å². The molecule has 0 aromatic carbocycles. The highest BCUT2D eigenvalue weighted by molar-refractivity contribution is 5.75. The largest absolute Gasteiger partial charge is 0.462 e. The second-order valence-electron chi connectivity index (χ2n) is 17.8. The molecule has 0 bridgehead atoms. The summed E-state index contributed by atoms with van der Waals surface area (Å²) >= 11 is 0. The van der Waals surface area contributed by atoms with E-state index in [1.807, 2.05) is 25.7 Å². The molecule has 0 aliphatic heterocycles. The molecular formula is C48H93N2O7. The third kappa shape index (κ3) is 39.5. The van der Waals surface area contributed by atoms with E-state index in [4.69, 9.17) is 19.9 Å². The fourth-order valence-electron chi connectivity index (χ4n) is 7.24. The van der Waals surface area contributed by atoms with Crippen LogP contribution in [0.3, 0.4) is 0 Å². The van der Waals surface area contributed by atoms with E-state index >= 15 is 0 Å². The molecule has 0 rings (SSSR count). The van der Waals surface area contributed by atoms with Crippen LogP contribution in [0.25, 0.3) is 0 Å². The molecule has 9 nitrogen and oxygen atoms in total. The fourth-order valence-corrected chi connectivity index (χ4v) is 7.24. The lowest BCUT2D eigenvalue weighted by Gasteiger charge is -2.28. The van der Waals surface area contributed by atoms with Crippen LogP contribution in [0.1, 0.15) is 234 Å². The van der Waals surface area contributed by atoms with Crippen molar-refractivity contribution >= 4 is 17.9 Å². The van der Waals surface area contributed by atoms with Gasteiger partial charge >= 0.3 is 17.9 Å². The summed E-state index contributed by atoms with van der Waals surface area (Å²) in [6, 6.07) is -0.704. The molecule has 3 N–H and O–H groups in total. The van der Waals surface area contributed by atoms with Gasteiger partial charge in [-0.2, -0.15) is 0 Å². The minimum atomic E-state index is -0.839.